The van der Waals surface area contributed by atoms with Crippen LogP contribution in [0, 0.1) is 11.3 Å². The summed E-state index contributed by atoms with van der Waals surface area (Å²) in [6.07, 6.45) is 4.80. The second-order valence-corrected chi connectivity index (χ2v) is 7.06. The third-order valence-electron chi connectivity index (χ3n) is 4.98. The Morgan fingerprint density at radius 3 is 2.24 bits per heavy atom. The zero-order valence-electron chi connectivity index (χ0n) is 13.8. The third kappa shape index (κ3) is 4.90. The molecule has 0 unspecified atom stereocenters. The molecule has 0 heterocycles. The van der Waals surface area contributed by atoms with Crippen molar-refractivity contribution >= 4 is 12.0 Å². The number of carbonyl (C=O) groups excluding carboxylic acids is 1. The van der Waals surface area contributed by atoms with E-state index in [0.29, 0.717) is 25.3 Å². The summed E-state index contributed by atoms with van der Waals surface area (Å²) in [5.74, 6) is -0.330. The van der Waals surface area contributed by atoms with Crippen molar-refractivity contribution in [1.82, 2.24) is 10.6 Å². The number of carboxylic acid groups (broad SMARTS) is 1. The minimum Gasteiger partial charge on any atom is -0.480 e. The zero-order chi connectivity index (χ0) is 16.1. The van der Waals surface area contributed by atoms with E-state index in [-0.39, 0.29) is 11.4 Å². The maximum Gasteiger partial charge on any atom is 0.329 e. The Morgan fingerprint density at radius 2 is 1.81 bits per heavy atom. The summed E-state index contributed by atoms with van der Waals surface area (Å²) in [7, 11) is 0. The summed E-state index contributed by atoms with van der Waals surface area (Å²) < 4.78 is 0. The van der Waals surface area contributed by atoms with E-state index in [1.807, 2.05) is 0 Å². The molecule has 0 aliphatic heterocycles. The largest absolute Gasteiger partial charge is 0.480 e. The van der Waals surface area contributed by atoms with Crippen LogP contribution < -0.4 is 10.6 Å². The lowest BCUT2D eigenvalue weighted by molar-refractivity contribution is -0.146. The first kappa shape index (κ1) is 17.8. The fourth-order valence-electron chi connectivity index (χ4n) is 2.68. The average Bonchev–Trinajstić information content (AvgIpc) is 2.46. The molecular formula is C16H30N2O3. The van der Waals surface area contributed by atoms with Gasteiger partial charge in [-0.1, -0.05) is 34.1 Å². The molecule has 1 fully saturated rings. The van der Waals surface area contributed by atoms with Gasteiger partial charge in [-0.15, -0.1) is 0 Å². The molecule has 0 saturated heterocycles. The van der Waals surface area contributed by atoms with E-state index < -0.39 is 11.5 Å². The van der Waals surface area contributed by atoms with Gasteiger partial charge in [0.25, 0.3) is 0 Å². The average molecular weight is 298 g/mol. The van der Waals surface area contributed by atoms with Crippen molar-refractivity contribution in [1.29, 1.82) is 0 Å². The van der Waals surface area contributed by atoms with Crippen molar-refractivity contribution in [2.24, 2.45) is 11.3 Å². The van der Waals surface area contributed by atoms with E-state index in [9.17, 15) is 14.7 Å². The summed E-state index contributed by atoms with van der Waals surface area (Å²) in [4.78, 5) is 23.7. The van der Waals surface area contributed by atoms with Crippen molar-refractivity contribution in [2.45, 2.75) is 71.8 Å². The summed E-state index contributed by atoms with van der Waals surface area (Å²) >= 11 is 0. The lowest BCUT2D eigenvalue weighted by Gasteiger charge is -2.37. The number of urea groups is 1. The van der Waals surface area contributed by atoms with Gasteiger partial charge in [0.05, 0.1) is 0 Å². The van der Waals surface area contributed by atoms with Crippen molar-refractivity contribution in [2.75, 3.05) is 6.54 Å². The molecule has 0 aromatic heterocycles. The first-order valence-corrected chi connectivity index (χ1v) is 8.04. The summed E-state index contributed by atoms with van der Waals surface area (Å²) in [6, 6.07) is -0.367. The number of aliphatic carboxylic acids is 1. The Labute approximate surface area is 127 Å². The molecule has 3 N–H and O–H groups in total. The third-order valence-corrected chi connectivity index (χ3v) is 4.98. The van der Waals surface area contributed by atoms with Crippen LogP contribution in [0.5, 0.6) is 0 Å². The number of rotatable bonds is 6. The standard InChI is InChI=1S/C16H30N2O3/c1-5-12-7-9-16(10-8-12,13(19)20)18-14(21)17-11-15(3,4)6-2/h12H,5-11H2,1-4H3,(H,19,20)(H2,17,18,21). The van der Waals surface area contributed by atoms with Gasteiger partial charge in [0.15, 0.2) is 0 Å². The van der Waals surface area contributed by atoms with Crippen molar-refractivity contribution in [3.05, 3.63) is 0 Å². The molecule has 0 bridgehead atoms. The topological polar surface area (TPSA) is 78.4 Å². The van der Waals surface area contributed by atoms with E-state index in [0.717, 1.165) is 25.7 Å². The molecule has 0 spiro atoms. The van der Waals surface area contributed by atoms with Gasteiger partial charge in [-0.2, -0.15) is 0 Å². The Kier molecular flexibility index (Phi) is 6.05. The number of hydrogen-bond donors (Lipinski definition) is 3. The van der Waals surface area contributed by atoms with Gasteiger partial charge >= 0.3 is 12.0 Å². The second kappa shape index (κ2) is 7.14. The number of hydrogen-bond acceptors (Lipinski definition) is 2. The van der Waals surface area contributed by atoms with Gasteiger partial charge in [0, 0.05) is 6.54 Å². The first-order valence-electron chi connectivity index (χ1n) is 8.04. The van der Waals surface area contributed by atoms with Gasteiger partial charge < -0.3 is 15.7 Å². The molecule has 1 rings (SSSR count). The quantitative estimate of drug-likeness (QED) is 0.705. The number of carbonyl (C=O) groups is 2. The van der Waals surface area contributed by atoms with Crippen LogP contribution in [0.1, 0.15) is 66.2 Å². The fourth-order valence-corrected chi connectivity index (χ4v) is 2.68. The molecule has 0 aromatic carbocycles. The molecule has 1 aliphatic rings. The Balaban J connectivity index is 2.59. The van der Waals surface area contributed by atoms with Gasteiger partial charge in [-0.25, -0.2) is 9.59 Å². The van der Waals surface area contributed by atoms with Crippen LogP contribution in [0.25, 0.3) is 0 Å². The van der Waals surface area contributed by atoms with Gasteiger partial charge in [-0.05, 0) is 43.4 Å². The predicted molar refractivity (Wildman–Crippen MR) is 83.2 cm³/mol. The molecule has 5 nitrogen and oxygen atoms in total. The molecule has 0 aromatic rings. The van der Waals surface area contributed by atoms with Crippen LogP contribution in [-0.2, 0) is 4.79 Å². The Bertz CT molecular complexity index is 372. The molecule has 2 amide bonds. The highest BCUT2D eigenvalue weighted by molar-refractivity contribution is 5.86. The van der Waals surface area contributed by atoms with E-state index in [1.54, 1.807) is 0 Å². The van der Waals surface area contributed by atoms with Crippen LogP contribution in [0.4, 0.5) is 4.79 Å². The number of nitrogens with one attached hydrogen (secondary N) is 2. The first-order chi connectivity index (χ1) is 9.74. The minimum absolute atomic E-state index is 0.0214. The highest BCUT2D eigenvalue weighted by Gasteiger charge is 2.43. The van der Waals surface area contributed by atoms with E-state index >= 15 is 0 Å². The normalized spacial score (nSPS) is 26.2. The molecule has 122 valence electrons. The SMILES string of the molecule is CCC1CCC(NC(=O)NCC(C)(C)CC)(C(=O)O)CC1. The fraction of sp³-hybridized carbons (Fsp3) is 0.875. The smallest absolute Gasteiger partial charge is 0.329 e. The Morgan fingerprint density at radius 1 is 1.24 bits per heavy atom. The number of amides is 2. The van der Waals surface area contributed by atoms with Gasteiger partial charge in [-0.3, -0.25) is 0 Å². The lowest BCUT2D eigenvalue weighted by Crippen LogP contribution is -2.59. The zero-order valence-corrected chi connectivity index (χ0v) is 13.8. The maximum atomic E-state index is 12.0. The van der Waals surface area contributed by atoms with E-state index in [2.05, 4.69) is 38.3 Å². The molecular weight excluding hydrogens is 268 g/mol. The van der Waals surface area contributed by atoms with E-state index in [4.69, 9.17) is 0 Å². The van der Waals surface area contributed by atoms with Crippen molar-refractivity contribution in [3.8, 4) is 0 Å². The van der Waals surface area contributed by atoms with Crippen LogP contribution in [0.3, 0.4) is 0 Å². The van der Waals surface area contributed by atoms with Crippen LogP contribution in [0.2, 0.25) is 0 Å². The molecule has 5 heteroatoms. The monoisotopic (exact) mass is 298 g/mol. The molecule has 21 heavy (non-hydrogen) atoms. The maximum absolute atomic E-state index is 12.0. The summed E-state index contributed by atoms with van der Waals surface area (Å²) in [6.45, 7) is 8.90. The lowest BCUT2D eigenvalue weighted by atomic mass is 9.75. The van der Waals surface area contributed by atoms with Crippen molar-refractivity contribution in [3.63, 3.8) is 0 Å². The van der Waals surface area contributed by atoms with Crippen LogP contribution in [0.15, 0.2) is 0 Å². The van der Waals surface area contributed by atoms with E-state index in [1.165, 1.54) is 0 Å². The molecule has 1 aliphatic carbocycles. The predicted octanol–water partition coefficient (Wildman–Crippen LogP) is 3.15. The van der Waals surface area contributed by atoms with Gasteiger partial charge in [0.2, 0.25) is 0 Å². The van der Waals surface area contributed by atoms with Gasteiger partial charge in [0.1, 0.15) is 5.54 Å². The molecule has 1 saturated carbocycles. The van der Waals surface area contributed by atoms with Crippen LogP contribution in [-0.4, -0.2) is 29.2 Å². The second-order valence-electron chi connectivity index (χ2n) is 7.06. The van der Waals surface area contributed by atoms with Crippen LogP contribution >= 0.6 is 0 Å². The van der Waals surface area contributed by atoms with Crippen molar-refractivity contribution < 1.29 is 14.7 Å². The summed E-state index contributed by atoms with van der Waals surface area (Å²) in [5, 5.41) is 15.1. The minimum atomic E-state index is -1.09. The molecule has 0 radical (unpaired) electrons. The summed E-state index contributed by atoms with van der Waals surface area (Å²) in [5.41, 5.74) is -1.07. The highest BCUT2D eigenvalue weighted by atomic mass is 16.4. The molecule has 0 atom stereocenters. The Hall–Kier alpha value is -1.26. The number of carboxylic acids is 1. The highest BCUT2D eigenvalue weighted by Crippen LogP contribution is 2.34.